The molecule has 0 aliphatic carbocycles. The second-order valence-electron chi connectivity index (χ2n) is 2.53. The first-order valence-electron chi connectivity index (χ1n) is 3.56. The van der Waals surface area contributed by atoms with Crippen molar-refractivity contribution in [2.75, 3.05) is 0 Å². The molecule has 0 saturated heterocycles. The molecule has 0 fully saturated rings. The second kappa shape index (κ2) is 3.50. The molecule has 0 atom stereocenters. The summed E-state index contributed by atoms with van der Waals surface area (Å²) in [6.45, 7) is 0. The molecular weight excluding hydrogens is 249 g/mol. The molecule has 2 nitrogen and oxygen atoms in total. The highest BCUT2D eigenvalue weighted by molar-refractivity contribution is 6.41. The minimum absolute atomic E-state index is 0.00617. The van der Waals surface area contributed by atoms with Gasteiger partial charge in [-0.15, -0.1) is 0 Å². The number of hydrogen-bond acceptors (Lipinski definition) is 2. The smallest absolute Gasteiger partial charge is 0.167 e. The van der Waals surface area contributed by atoms with Crippen molar-refractivity contribution in [2.24, 2.45) is 0 Å². The minimum Gasteiger partial charge on any atom is -0.231 e. The van der Waals surface area contributed by atoms with E-state index in [2.05, 4.69) is 9.97 Å². The highest BCUT2D eigenvalue weighted by Crippen LogP contribution is 2.27. The van der Waals surface area contributed by atoms with Gasteiger partial charge in [0.25, 0.3) is 0 Å². The molecule has 0 aliphatic rings. The zero-order chi connectivity index (χ0) is 10.3. The van der Waals surface area contributed by atoms with Gasteiger partial charge < -0.3 is 0 Å². The van der Waals surface area contributed by atoms with Crippen LogP contribution in [-0.4, -0.2) is 9.97 Å². The van der Waals surface area contributed by atoms with Gasteiger partial charge in [-0.25, -0.2) is 14.4 Å². The summed E-state index contributed by atoms with van der Waals surface area (Å²) in [6, 6.07) is 2.63. The predicted octanol–water partition coefficient (Wildman–Crippen LogP) is 3.73. The number of nitrogens with zero attached hydrogens (tertiary/aromatic N) is 2. The van der Waals surface area contributed by atoms with Gasteiger partial charge in [-0.1, -0.05) is 34.8 Å². The first kappa shape index (κ1) is 9.90. The predicted molar refractivity (Wildman–Crippen MR) is 54.5 cm³/mol. The number of fused-ring (bicyclic) bond motifs is 1. The molecule has 1 aromatic heterocycles. The first-order valence-corrected chi connectivity index (χ1v) is 4.69. The Hall–Kier alpha value is -0.640. The number of halogens is 4. The van der Waals surface area contributed by atoms with Crippen molar-refractivity contribution in [2.45, 2.75) is 0 Å². The van der Waals surface area contributed by atoms with E-state index < -0.39 is 5.82 Å². The molecule has 0 spiro atoms. The Labute approximate surface area is 93.6 Å². The van der Waals surface area contributed by atoms with E-state index in [4.69, 9.17) is 34.8 Å². The first-order chi connectivity index (χ1) is 6.59. The largest absolute Gasteiger partial charge is 0.231 e. The van der Waals surface area contributed by atoms with Crippen LogP contribution in [0.5, 0.6) is 0 Å². The monoisotopic (exact) mass is 250 g/mol. The van der Waals surface area contributed by atoms with E-state index in [0.29, 0.717) is 5.52 Å². The Kier molecular flexibility index (Phi) is 2.47. The molecule has 2 rings (SSSR count). The molecular formula is C8H2Cl3FN2. The Balaban J connectivity index is 2.89. The van der Waals surface area contributed by atoms with Crippen LogP contribution in [-0.2, 0) is 0 Å². The lowest BCUT2D eigenvalue weighted by Gasteiger charge is -2.01. The lowest BCUT2D eigenvalue weighted by atomic mass is 10.3. The molecule has 72 valence electrons. The second-order valence-corrected chi connectivity index (χ2v) is 3.63. The van der Waals surface area contributed by atoms with Crippen molar-refractivity contribution in [3.8, 4) is 0 Å². The Morgan fingerprint density at radius 3 is 2.36 bits per heavy atom. The van der Waals surface area contributed by atoms with E-state index >= 15 is 0 Å². The zero-order valence-electron chi connectivity index (χ0n) is 6.56. The summed E-state index contributed by atoms with van der Waals surface area (Å²) >= 11 is 16.9. The van der Waals surface area contributed by atoms with Gasteiger partial charge in [0.15, 0.2) is 10.3 Å². The fraction of sp³-hybridized carbons (Fsp3) is 0. The normalized spacial score (nSPS) is 10.9. The molecule has 0 unspecified atom stereocenters. The molecule has 0 amide bonds. The summed E-state index contributed by atoms with van der Waals surface area (Å²) in [7, 11) is 0. The molecule has 0 N–H and O–H groups in total. The molecule has 0 aliphatic heterocycles. The summed E-state index contributed by atoms with van der Waals surface area (Å²) in [6.07, 6.45) is 0. The fourth-order valence-electron chi connectivity index (χ4n) is 1.02. The van der Waals surface area contributed by atoms with Crippen molar-refractivity contribution in [3.63, 3.8) is 0 Å². The zero-order valence-corrected chi connectivity index (χ0v) is 8.83. The minimum atomic E-state index is -0.563. The fourth-order valence-corrected chi connectivity index (χ4v) is 1.48. The third kappa shape index (κ3) is 1.52. The van der Waals surface area contributed by atoms with E-state index in [1.54, 1.807) is 0 Å². The average Bonchev–Trinajstić information content (AvgIpc) is 2.15. The topological polar surface area (TPSA) is 25.8 Å². The summed E-state index contributed by atoms with van der Waals surface area (Å²) in [5.41, 5.74) is 0.617. The van der Waals surface area contributed by atoms with Crippen LogP contribution in [0.1, 0.15) is 0 Å². The number of hydrogen-bond donors (Lipinski definition) is 0. The molecule has 14 heavy (non-hydrogen) atoms. The van der Waals surface area contributed by atoms with Crippen molar-refractivity contribution in [1.29, 1.82) is 0 Å². The number of aromatic nitrogens is 2. The van der Waals surface area contributed by atoms with Gasteiger partial charge in [-0.05, 0) is 12.1 Å². The van der Waals surface area contributed by atoms with E-state index in [1.807, 2.05) is 0 Å². The van der Waals surface area contributed by atoms with Crippen LogP contribution in [0, 0.1) is 5.82 Å². The maximum absolute atomic E-state index is 13.0. The van der Waals surface area contributed by atoms with Crippen LogP contribution in [0.25, 0.3) is 11.0 Å². The van der Waals surface area contributed by atoms with Gasteiger partial charge >= 0.3 is 0 Å². The molecule has 0 saturated carbocycles. The molecule has 0 bridgehead atoms. The van der Waals surface area contributed by atoms with Crippen molar-refractivity contribution >= 4 is 45.8 Å². The van der Waals surface area contributed by atoms with Crippen LogP contribution in [0.4, 0.5) is 4.39 Å². The average molecular weight is 251 g/mol. The standard InChI is InChI=1S/C8H2Cl3FN2/c9-5-3(12)1-2-4-6(5)14-8(11)7(10)13-4/h1-2H. The van der Waals surface area contributed by atoms with Gasteiger partial charge in [0, 0.05) is 0 Å². The summed E-state index contributed by atoms with van der Waals surface area (Å²) in [5.74, 6) is -0.563. The van der Waals surface area contributed by atoms with Crippen molar-refractivity contribution < 1.29 is 4.39 Å². The molecule has 1 heterocycles. The van der Waals surface area contributed by atoms with E-state index in [0.717, 1.165) is 0 Å². The third-order valence-corrected chi connectivity index (χ3v) is 2.63. The van der Waals surface area contributed by atoms with Gasteiger partial charge in [0.1, 0.15) is 16.4 Å². The number of rotatable bonds is 0. The van der Waals surface area contributed by atoms with E-state index in [9.17, 15) is 4.39 Å². The maximum Gasteiger partial charge on any atom is 0.167 e. The lowest BCUT2D eigenvalue weighted by molar-refractivity contribution is 0.629. The van der Waals surface area contributed by atoms with Crippen LogP contribution in [0.3, 0.4) is 0 Å². The molecule has 0 radical (unpaired) electrons. The van der Waals surface area contributed by atoms with Crippen LogP contribution < -0.4 is 0 Å². The Morgan fingerprint density at radius 1 is 1.00 bits per heavy atom. The van der Waals surface area contributed by atoms with Gasteiger partial charge in [-0.3, -0.25) is 0 Å². The van der Waals surface area contributed by atoms with Crippen molar-refractivity contribution in [1.82, 2.24) is 9.97 Å². The molecule has 2 aromatic rings. The van der Waals surface area contributed by atoms with Gasteiger partial charge in [0.05, 0.1) is 5.52 Å². The van der Waals surface area contributed by atoms with E-state index in [1.165, 1.54) is 12.1 Å². The SMILES string of the molecule is Fc1ccc2nc(Cl)c(Cl)nc2c1Cl. The highest BCUT2D eigenvalue weighted by Gasteiger charge is 2.10. The van der Waals surface area contributed by atoms with Gasteiger partial charge in [-0.2, -0.15) is 0 Å². The van der Waals surface area contributed by atoms with Gasteiger partial charge in [0.2, 0.25) is 0 Å². The van der Waals surface area contributed by atoms with Crippen LogP contribution in [0.15, 0.2) is 12.1 Å². The summed E-state index contributed by atoms with van der Waals surface area (Å²) in [5, 5.41) is -0.0259. The summed E-state index contributed by atoms with van der Waals surface area (Å²) < 4.78 is 13.0. The molecule has 6 heteroatoms. The van der Waals surface area contributed by atoms with E-state index in [-0.39, 0.29) is 20.8 Å². The number of benzene rings is 1. The van der Waals surface area contributed by atoms with Crippen LogP contribution in [0.2, 0.25) is 15.3 Å². The maximum atomic E-state index is 13.0. The summed E-state index contributed by atoms with van der Waals surface area (Å²) in [4.78, 5) is 7.73. The van der Waals surface area contributed by atoms with Crippen LogP contribution >= 0.6 is 34.8 Å². The Morgan fingerprint density at radius 2 is 1.64 bits per heavy atom. The Bertz CT molecular complexity index is 515. The van der Waals surface area contributed by atoms with Crippen molar-refractivity contribution in [3.05, 3.63) is 33.3 Å². The lowest BCUT2D eigenvalue weighted by Crippen LogP contribution is -1.89. The quantitative estimate of drug-likeness (QED) is 0.713. The highest BCUT2D eigenvalue weighted by atomic mass is 35.5. The molecule has 1 aromatic carbocycles. The third-order valence-electron chi connectivity index (χ3n) is 1.65.